The molecule has 0 saturated heterocycles. The van der Waals surface area contributed by atoms with Crippen LogP contribution in [-0.4, -0.2) is 17.1 Å². The van der Waals surface area contributed by atoms with Crippen molar-refractivity contribution in [1.29, 1.82) is 0 Å². The number of amides is 1. The smallest absolute Gasteiger partial charge is 0.246 e. The monoisotopic (exact) mass is 249 g/mol. The molecule has 1 amide bonds. The lowest BCUT2D eigenvalue weighted by molar-refractivity contribution is -0.120. The van der Waals surface area contributed by atoms with E-state index in [1.165, 1.54) is 17.6 Å². The van der Waals surface area contributed by atoms with Gasteiger partial charge in [0.05, 0.1) is 18.9 Å². The molecule has 0 bridgehead atoms. The number of carbonyl (C=O) groups is 1. The van der Waals surface area contributed by atoms with Gasteiger partial charge in [-0.1, -0.05) is 0 Å². The number of nitrogens with zero attached hydrogens (tertiary/aromatic N) is 2. The van der Waals surface area contributed by atoms with Crippen LogP contribution in [0.3, 0.4) is 0 Å². The predicted molar refractivity (Wildman–Crippen MR) is 65.0 cm³/mol. The summed E-state index contributed by atoms with van der Waals surface area (Å²) in [7, 11) is 0. The molecule has 0 atom stereocenters. The van der Waals surface area contributed by atoms with Crippen LogP contribution in [0.15, 0.2) is 33.3 Å². The van der Waals surface area contributed by atoms with Crippen LogP contribution in [-0.2, 0) is 11.2 Å². The van der Waals surface area contributed by atoms with Gasteiger partial charge in [0.2, 0.25) is 5.91 Å². The van der Waals surface area contributed by atoms with E-state index >= 15 is 0 Å². The molecule has 2 heterocycles. The fraction of sp³-hybridized carbons (Fsp3) is 0.182. The molecule has 88 valence electrons. The molecule has 2 rings (SSSR count). The number of thiazole rings is 1. The Labute approximate surface area is 102 Å². The summed E-state index contributed by atoms with van der Waals surface area (Å²) in [5.74, 6) is 0.401. The maximum atomic E-state index is 11.5. The molecule has 0 aliphatic rings. The number of aromatic nitrogens is 1. The van der Waals surface area contributed by atoms with Crippen molar-refractivity contribution >= 4 is 23.5 Å². The van der Waals surface area contributed by atoms with Crippen molar-refractivity contribution in [3.05, 3.63) is 40.2 Å². The maximum Gasteiger partial charge on any atom is 0.246 e. The van der Waals surface area contributed by atoms with E-state index in [1.54, 1.807) is 18.4 Å². The Morgan fingerprint density at radius 3 is 3.24 bits per heavy atom. The second-order valence-corrected chi connectivity index (χ2v) is 4.31. The summed E-state index contributed by atoms with van der Waals surface area (Å²) in [4.78, 5) is 15.7. The van der Waals surface area contributed by atoms with Crippen LogP contribution in [0.2, 0.25) is 0 Å². The first kappa shape index (κ1) is 11.5. The van der Waals surface area contributed by atoms with Crippen LogP contribution >= 0.6 is 11.3 Å². The molecule has 2 aromatic rings. The van der Waals surface area contributed by atoms with Crippen molar-refractivity contribution in [2.75, 3.05) is 0 Å². The minimum Gasteiger partial charge on any atom is -0.463 e. The molecular weight excluding hydrogens is 238 g/mol. The highest BCUT2D eigenvalue weighted by molar-refractivity contribution is 7.09. The van der Waals surface area contributed by atoms with Crippen LogP contribution in [0.1, 0.15) is 16.5 Å². The molecule has 6 heteroatoms. The zero-order valence-electron chi connectivity index (χ0n) is 9.21. The first-order valence-electron chi connectivity index (χ1n) is 5.00. The summed E-state index contributed by atoms with van der Waals surface area (Å²) in [6, 6.07) is 3.50. The molecule has 0 spiro atoms. The highest BCUT2D eigenvalue weighted by Crippen LogP contribution is 2.08. The molecule has 0 aliphatic heterocycles. The average Bonchev–Trinajstić information content (AvgIpc) is 2.90. The van der Waals surface area contributed by atoms with Gasteiger partial charge in [-0.15, -0.1) is 11.3 Å². The standard InChI is InChI=1S/C11H11N3O2S/c1-8-7-17-11(13-8)5-10(15)14-12-6-9-3-2-4-16-9/h2-4,6-7H,5H2,1H3,(H,14,15)/b12-6-. The molecule has 0 radical (unpaired) electrons. The van der Waals surface area contributed by atoms with Crippen molar-refractivity contribution in [3.63, 3.8) is 0 Å². The lowest BCUT2D eigenvalue weighted by Crippen LogP contribution is -2.19. The topological polar surface area (TPSA) is 67.5 Å². The van der Waals surface area contributed by atoms with E-state index in [4.69, 9.17) is 4.42 Å². The average molecular weight is 249 g/mol. The summed E-state index contributed by atoms with van der Waals surface area (Å²) in [5.41, 5.74) is 3.34. The van der Waals surface area contributed by atoms with Crippen LogP contribution in [0.25, 0.3) is 0 Å². The van der Waals surface area contributed by atoms with E-state index < -0.39 is 0 Å². The number of nitrogens with one attached hydrogen (secondary N) is 1. The molecule has 0 fully saturated rings. The Morgan fingerprint density at radius 1 is 1.71 bits per heavy atom. The van der Waals surface area contributed by atoms with Gasteiger partial charge in [0, 0.05) is 11.1 Å². The van der Waals surface area contributed by atoms with E-state index in [0.29, 0.717) is 5.76 Å². The van der Waals surface area contributed by atoms with Crippen molar-refractivity contribution < 1.29 is 9.21 Å². The fourth-order valence-corrected chi connectivity index (χ4v) is 1.96. The van der Waals surface area contributed by atoms with E-state index in [2.05, 4.69) is 15.5 Å². The fourth-order valence-electron chi connectivity index (χ4n) is 1.19. The third-order valence-electron chi connectivity index (χ3n) is 1.90. The molecular formula is C11H11N3O2S. The number of hydrazone groups is 1. The second-order valence-electron chi connectivity index (χ2n) is 3.37. The van der Waals surface area contributed by atoms with Crippen LogP contribution < -0.4 is 5.43 Å². The van der Waals surface area contributed by atoms with Gasteiger partial charge in [0.15, 0.2) is 0 Å². The summed E-state index contributed by atoms with van der Waals surface area (Å²) >= 11 is 1.47. The molecule has 0 saturated carbocycles. The lowest BCUT2D eigenvalue weighted by Gasteiger charge is -1.95. The van der Waals surface area contributed by atoms with E-state index in [-0.39, 0.29) is 12.3 Å². The minimum atomic E-state index is -0.192. The Hall–Kier alpha value is -1.95. The summed E-state index contributed by atoms with van der Waals surface area (Å²) in [5, 5.41) is 6.47. The van der Waals surface area contributed by atoms with Gasteiger partial charge in [0.25, 0.3) is 0 Å². The number of hydrogen-bond acceptors (Lipinski definition) is 5. The number of furan rings is 1. The normalized spacial score (nSPS) is 10.9. The van der Waals surface area contributed by atoms with Crippen LogP contribution in [0.4, 0.5) is 0 Å². The third-order valence-corrected chi connectivity index (χ3v) is 2.87. The summed E-state index contributed by atoms with van der Waals surface area (Å²) in [6.07, 6.45) is 3.24. The van der Waals surface area contributed by atoms with Gasteiger partial charge in [0.1, 0.15) is 10.8 Å². The summed E-state index contributed by atoms with van der Waals surface area (Å²) < 4.78 is 5.03. The van der Waals surface area contributed by atoms with Gasteiger partial charge in [-0.2, -0.15) is 5.10 Å². The van der Waals surface area contributed by atoms with Gasteiger partial charge in [-0.25, -0.2) is 10.4 Å². The molecule has 1 N–H and O–H groups in total. The number of carbonyl (C=O) groups excluding carboxylic acids is 1. The number of rotatable bonds is 4. The van der Waals surface area contributed by atoms with E-state index in [0.717, 1.165) is 10.7 Å². The lowest BCUT2D eigenvalue weighted by atomic mass is 10.4. The van der Waals surface area contributed by atoms with Gasteiger partial charge in [-0.05, 0) is 19.1 Å². The van der Waals surface area contributed by atoms with Crippen molar-refractivity contribution in [3.8, 4) is 0 Å². The Balaban J connectivity index is 1.82. The predicted octanol–water partition coefficient (Wildman–Crippen LogP) is 1.74. The molecule has 0 unspecified atom stereocenters. The van der Waals surface area contributed by atoms with Crippen molar-refractivity contribution in [1.82, 2.24) is 10.4 Å². The van der Waals surface area contributed by atoms with Gasteiger partial charge in [-0.3, -0.25) is 4.79 Å². The zero-order chi connectivity index (χ0) is 12.1. The highest BCUT2D eigenvalue weighted by Gasteiger charge is 2.05. The van der Waals surface area contributed by atoms with Crippen LogP contribution in [0.5, 0.6) is 0 Å². The van der Waals surface area contributed by atoms with Crippen molar-refractivity contribution in [2.45, 2.75) is 13.3 Å². The van der Waals surface area contributed by atoms with E-state index in [9.17, 15) is 4.79 Å². The highest BCUT2D eigenvalue weighted by atomic mass is 32.1. The Morgan fingerprint density at radius 2 is 2.59 bits per heavy atom. The zero-order valence-corrected chi connectivity index (χ0v) is 10.0. The van der Waals surface area contributed by atoms with Crippen molar-refractivity contribution in [2.24, 2.45) is 5.10 Å². The second kappa shape index (κ2) is 5.40. The minimum absolute atomic E-state index is 0.192. The van der Waals surface area contributed by atoms with E-state index in [1.807, 2.05) is 12.3 Å². The quantitative estimate of drug-likeness (QED) is 0.663. The van der Waals surface area contributed by atoms with Gasteiger partial charge < -0.3 is 4.42 Å². The third kappa shape index (κ3) is 3.53. The SMILES string of the molecule is Cc1csc(CC(=O)N/N=C\c2ccco2)n1. The molecule has 5 nitrogen and oxygen atoms in total. The molecule has 0 aliphatic carbocycles. The molecule has 0 aromatic carbocycles. The number of aryl methyl sites for hydroxylation is 1. The maximum absolute atomic E-state index is 11.5. The molecule has 17 heavy (non-hydrogen) atoms. The Bertz CT molecular complexity index is 517. The Kier molecular flexibility index (Phi) is 3.66. The first-order chi connectivity index (χ1) is 8.24. The molecule has 2 aromatic heterocycles. The first-order valence-corrected chi connectivity index (χ1v) is 5.88. The number of hydrogen-bond donors (Lipinski definition) is 1. The van der Waals surface area contributed by atoms with Gasteiger partial charge >= 0.3 is 0 Å². The van der Waals surface area contributed by atoms with Crippen LogP contribution in [0, 0.1) is 6.92 Å². The largest absolute Gasteiger partial charge is 0.463 e. The summed E-state index contributed by atoms with van der Waals surface area (Å²) in [6.45, 7) is 1.90.